The van der Waals surface area contributed by atoms with Crippen LogP contribution in [0.5, 0.6) is 0 Å². The Morgan fingerprint density at radius 3 is 1.36 bits per heavy atom. The first kappa shape index (κ1) is 53.3. The van der Waals surface area contributed by atoms with Crippen LogP contribution < -0.4 is 5.32 Å². The topological polar surface area (TPSA) is 95.9 Å². The second-order valence-corrected chi connectivity index (χ2v) is 16.5. The van der Waals surface area contributed by atoms with Gasteiger partial charge in [0.25, 0.3) is 0 Å². The third-order valence-electron chi connectivity index (χ3n) is 11.0. The van der Waals surface area contributed by atoms with E-state index in [1.54, 1.807) is 0 Å². The standard InChI is InChI=1S/C49H93NO5/c1-4-7-10-13-16-19-22-23-24-25-27-28-31-34-37-40-45(55-49(54)42-39-36-33-30-21-18-15-12-9-6-3)43-48(53)50-46(44-51)47(52)41-38-35-32-29-26-20-17-14-11-8-5-2/h12,15,23-24,45-47,51-52H,4-11,13-14,16-22,25-44H2,1-3H3,(H,50,53)/b15-12-,24-23+. The Hall–Kier alpha value is -1.66. The van der Waals surface area contributed by atoms with E-state index >= 15 is 0 Å². The van der Waals surface area contributed by atoms with Crippen molar-refractivity contribution in [3.05, 3.63) is 24.3 Å². The van der Waals surface area contributed by atoms with Gasteiger partial charge in [0.2, 0.25) is 5.91 Å². The summed E-state index contributed by atoms with van der Waals surface area (Å²) in [6, 6.07) is -0.700. The number of rotatable bonds is 43. The summed E-state index contributed by atoms with van der Waals surface area (Å²) < 4.78 is 5.90. The molecule has 55 heavy (non-hydrogen) atoms. The molecular weight excluding hydrogens is 683 g/mol. The number of allylic oxidation sites excluding steroid dienone is 4. The van der Waals surface area contributed by atoms with Crippen LogP contribution in [-0.4, -0.2) is 46.9 Å². The predicted octanol–water partition coefficient (Wildman–Crippen LogP) is 14.0. The molecule has 1 amide bonds. The quantitative estimate of drug-likeness (QED) is 0.0326. The van der Waals surface area contributed by atoms with Gasteiger partial charge in [-0.15, -0.1) is 0 Å². The molecule has 324 valence electrons. The van der Waals surface area contributed by atoms with Crippen LogP contribution in [0.25, 0.3) is 0 Å². The number of esters is 1. The largest absolute Gasteiger partial charge is 0.462 e. The number of amides is 1. The van der Waals surface area contributed by atoms with E-state index in [4.69, 9.17) is 4.74 Å². The second kappa shape index (κ2) is 43.5. The van der Waals surface area contributed by atoms with Gasteiger partial charge >= 0.3 is 5.97 Å². The minimum atomic E-state index is -0.786. The van der Waals surface area contributed by atoms with E-state index in [1.165, 1.54) is 128 Å². The average Bonchev–Trinajstić information content (AvgIpc) is 3.18. The van der Waals surface area contributed by atoms with Crippen LogP contribution >= 0.6 is 0 Å². The van der Waals surface area contributed by atoms with Gasteiger partial charge in [-0.1, -0.05) is 193 Å². The van der Waals surface area contributed by atoms with Gasteiger partial charge in [0.05, 0.1) is 25.2 Å². The van der Waals surface area contributed by atoms with E-state index in [1.807, 2.05) is 0 Å². The minimum absolute atomic E-state index is 0.0718. The molecule has 0 rings (SSSR count). The number of aliphatic hydroxyl groups is 2. The molecule has 0 aromatic heterocycles. The zero-order valence-electron chi connectivity index (χ0n) is 36.8. The molecule has 6 nitrogen and oxygen atoms in total. The van der Waals surface area contributed by atoms with E-state index in [9.17, 15) is 19.8 Å². The van der Waals surface area contributed by atoms with Crippen LogP contribution in [0.15, 0.2) is 24.3 Å². The lowest BCUT2D eigenvalue weighted by atomic mass is 10.0. The number of hydrogen-bond donors (Lipinski definition) is 3. The molecule has 0 aliphatic carbocycles. The van der Waals surface area contributed by atoms with Crippen molar-refractivity contribution in [3.63, 3.8) is 0 Å². The molecule has 0 aliphatic heterocycles. The molecular formula is C49H93NO5. The average molecular weight is 776 g/mol. The SMILES string of the molecule is CCC/C=C\CCCCCCCC(=O)OC(CCCCCCC/C=C/CCCCCCCC)CC(=O)NC(CO)C(O)CCCCCCCCCCCCC. The Morgan fingerprint density at radius 2 is 0.909 bits per heavy atom. The normalized spacial score (nSPS) is 13.5. The Bertz CT molecular complexity index is 873. The highest BCUT2D eigenvalue weighted by Gasteiger charge is 2.24. The highest BCUT2D eigenvalue weighted by molar-refractivity contribution is 5.77. The van der Waals surface area contributed by atoms with Gasteiger partial charge in [0.15, 0.2) is 0 Å². The summed E-state index contributed by atoms with van der Waals surface area (Å²) in [4.78, 5) is 26.0. The van der Waals surface area contributed by atoms with Crippen LogP contribution in [0.1, 0.15) is 252 Å². The summed E-state index contributed by atoms with van der Waals surface area (Å²) in [5.74, 6) is -0.487. The molecule has 0 aromatic rings. The van der Waals surface area contributed by atoms with E-state index in [-0.39, 0.29) is 24.9 Å². The van der Waals surface area contributed by atoms with Gasteiger partial charge < -0.3 is 20.3 Å². The van der Waals surface area contributed by atoms with Gasteiger partial charge in [0.1, 0.15) is 6.10 Å². The van der Waals surface area contributed by atoms with Crippen molar-refractivity contribution in [2.75, 3.05) is 6.61 Å². The Morgan fingerprint density at radius 1 is 0.509 bits per heavy atom. The summed E-state index contributed by atoms with van der Waals surface area (Å²) in [5, 5.41) is 23.7. The first-order valence-electron chi connectivity index (χ1n) is 24.1. The number of nitrogens with one attached hydrogen (secondary N) is 1. The van der Waals surface area contributed by atoms with Gasteiger partial charge in [-0.2, -0.15) is 0 Å². The van der Waals surface area contributed by atoms with Crippen LogP contribution in [0.2, 0.25) is 0 Å². The van der Waals surface area contributed by atoms with E-state index < -0.39 is 18.2 Å². The molecule has 0 aliphatic rings. The highest BCUT2D eigenvalue weighted by atomic mass is 16.5. The van der Waals surface area contributed by atoms with Crippen LogP contribution in [-0.2, 0) is 14.3 Å². The lowest BCUT2D eigenvalue weighted by Crippen LogP contribution is -2.46. The zero-order valence-corrected chi connectivity index (χ0v) is 36.8. The first-order valence-corrected chi connectivity index (χ1v) is 24.1. The first-order chi connectivity index (χ1) is 27.0. The summed E-state index contributed by atoms with van der Waals surface area (Å²) in [7, 11) is 0. The monoisotopic (exact) mass is 776 g/mol. The van der Waals surface area contributed by atoms with Crippen molar-refractivity contribution in [2.45, 2.75) is 270 Å². The van der Waals surface area contributed by atoms with Crippen LogP contribution in [0.4, 0.5) is 0 Å². The molecule has 0 aromatic carbocycles. The van der Waals surface area contributed by atoms with E-state index in [0.29, 0.717) is 19.3 Å². The minimum Gasteiger partial charge on any atom is -0.462 e. The third-order valence-corrected chi connectivity index (χ3v) is 11.0. The summed E-state index contributed by atoms with van der Waals surface area (Å²) in [6.07, 6.45) is 48.1. The Balaban J connectivity index is 4.59. The van der Waals surface area contributed by atoms with Crippen molar-refractivity contribution in [1.29, 1.82) is 0 Å². The number of hydrogen-bond acceptors (Lipinski definition) is 5. The molecule has 0 spiro atoms. The van der Waals surface area contributed by atoms with Gasteiger partial charge in [-0.25, -0.2) is 0 Å². The second-order valence-electron chi connectivity index (χ2n) is 16.5. The Labute approximate surface area is 341 Å². The van der Waals surface area contributed by atoms with Crippen molar-refractivity contribution in [2.24, 2.45) is 0 Å². The molecule has 0 saturated carbocycles. The van der Waals surface area contributed by atoms with E-state index in [2.05, 4.69) is 50.4 Å². The highest BCUT2D eigenvalue weighted by Crippen LogP contribution is 2.17. The fraction of sp³-hybridized carbons (Fsp3) is 0.878. The number of aliphatic hydroxyl groups excluding tert-OH is 2. The van der Waals surface area contributed by atoms with Crippen molar-refractivity contribution < 1.29 is 24.5 Å². The molecule has 3 N–H and O–H groups in total. The number of ether oxygens (including phenoxy) is 1. The molecule has 3 atom stereocenters. The van der Waals surface area contributed by atoms with E-state index in [0.717, 1.165) is 77.0 Å². The van der Waals surface area contributed by atoms with Gasteiger partial charge in [-0.3, -0.25) is 9.59 Å². The molecule has 0 fully saturated rings. The number of unbranched alkanes of at least 4 members (excludes halogenated alkanes) is 27. The Kier molecular flexibility index (Phi) is 42.2. The summed E-state index contributed by atoms with van der Waals surface area (Å²) in [6.45, 7) is 6.41. The number of carbonyl (C=O) groups is 2. The zero-order chi connectivity index (χ0) is 40.3. The maximum Gasteiger partial charge on any atom is 0.306 e. The fourth-order valence-electron chi connectivity index (χ4n) is 7.31. The van der Waals surface area contributed by atoms with Crippen LogP contribution in [0.3, 0.4) is 0 Å². The third kappa shape index (κ3) is 39.0. The lowest BCUT2D eigenvalue weighted by molar-refractivity contribution is -0.151. The van der Waals surface area contributed by atoms with Crippen molar-refractivity contribution >= 4 is 11.9 Å². The molecule has 0 heterocycles. The number of carbonyl (C=O) groups excluding carboxylic acids is 2. The fourth-order valence-corrected chi connectivity index (χ4v) is 7.31. The molecule has 6 heteroatoms. The lowest BCUT2D eigenvalue weighted by Gasteiger charge is -2.24. The van der Waals surface area contributed by atoms with Crippen molar-refractivity contribution in [3.8, 4) is 0 Å². The maximum atomic E-state index is 13.1. The van der Waals surface area contributed by atoms with Crippen LogP contribution in [0, 0.1) is 0 Å². The molecule has 3 unspecified atom stereocenters. The smallest absolute Gasteiger partial charge is 0.306 e. The predicted molar refractivity (Wildman–Crippen MR) is 236 cm³/mol. The summed E-state index contributed by atoms with van der Waals surface area (Å²) >= 11 is 0. The molecule has 0 saturated heterocycles. The van der Waals surface area contributed by atoms with Gasteiger partial charge in [-0.05, 0) is 70.6 Å². The molecule has 0 bridgehead atoms. The van der Waals surface area contributed by atoms with Crippen molar-refractivity contribution in [1.82, 2.24) is 5.32 Å². The maximum absolute atomic E-state index is 13.1. The van der Waals surface area contributed by atoms with Gasteiger partial charge in [0, 0.05) is 6.42 Å². The summed E-state index contributed by atoms with van der Waals surface area (Å²) in [5.41, 5.74) is 0. The molecule has 0 radical (unpaired) electrons.